The Labute approximate surface area is 314 Å². The number of rotatable bonds is 6. The highest BCUT2D eigenvalue weighted by Gasteiger charge is 2.25. The molecule has 0 aliphatic heterocycles. The second-order valence-corrected chi connectivity index (χ2v) is 14.5. The first kappa shape index (κ1) is 30.7. The second-order valence-electron chi connectivity index (χ2n) is 13.5. The minimum atomic E-state index is 0.831. The summed E-state index contributed by atoms with van der Waals surface area (Å²) in [4.78, 5) is 7.78. The third kappa shape index (κ3) is 4.86. The van der Waals surface area contributed by atoms with E-state index in [2.05, 4.69) is 157 Å². The number of aromatic nitrogens is 1. The third-order valence-corrected chi connectivity index (χ3v) is 11.4. The van der Waals surface area contributed by atoms with Gasteiger partial charge < -0.3 is 13.7 Å². The summed E-state index contributed by atoms with van der Waals surface area (Å²) in [7, 11) is 0. The average Bonchev–Trinajstić information content (AvgIpc) is 3.96. The molecule has 4 nitrogen and oxygen atoms in total. The van der Waals surface area contributed by atoms with Crippen LogP contribution in [0.25, 0.3) is 86.9 Å². The van der Waals surface area contributed by atoms with Crippen LogP contribution in [0.5, 0.6) is 0 Å². The van der Waals surface area contributed by atoms with Crippen molar-refractivity contribution in [3.8, 4) is 32.8 Å². The van der Waals surface area contributed by atoms with Gasteiger partial charge in [0.15, 0.2) is 0 Å². The van der Waals surface area contributed by atoms with Crippen LogP contribution in [0.3, 0.4) is 0 Å². The number of furan rings is 2. The smallest absolute Gasteiger partial charge is 0.143 e. The van der Waals surface area contributed by atoms with Crippen LogP contribution in [-0.2, 0) is 0 Å². The van der Waals surface area contributed by atoms with Crippen LogP contribution >= 0.6 is 11.3 Å². The van der Waals surface area contributed by atoms with Crippen LogP contribution in [-0.4, -0.2) is 4.98 Å². The number of hydrogen-bond donors (Lipinski definition) is 0. The van der Waals surface area contributed by atoms with Crippen molar-refractivity contribution < 1.29 is 8.83 Å². The summed E-state index contributed by atoms with van der Waals surface area (Å²) >= 11 is 1.72. The molecule has 254 valence electrons. The van der Waals surface area contributed by atoms with E-state index in [4.69, 9.17) is 13.8 Å². The molecule has 0 atom stereocenters. The zero-order valence-corrected chi connectivity index (χ0v) is 29.8. The third-order valence-electron chi connectivity index (χ3n) is 10.3. The van der Waals surface area contributed by atoms with Crippen molar-refractivity contribution in [3.63, 3.8) is 0 Å². The highest BCUT2D eigenvalue weighted by Crippen LogP contribution is 2.49. The predicted octanol–water partition coefficient (Wildman–Crippen LogP) is 14.6. The molecular formula is C49H30N2O2S. The first-order valence-corrected chi connectivity index (χ1v) is 18.9. The molecule has 5 heteroatoms. The molecule has 0 bridgehead atoms. The van der Waals surface area contributed by atoms with Gasteiger partial charge in [0.2, 0.25) is 0 Å². The number of para-hydroxylation sites is 4. The Balaban J connectivity index is 1.17. The fourth-order valence-electron chi connectivity index (χ4n) is 7.83. The topological polar surface area (TPSA) is 42.4 Å². The predicted molar refractivity (Wildman–Crippen MR) is 225 cm³/mol. The Morgan fingerprint density at radius 3 is 1.85 bits per heavy atom. The lowest BCUT2D eigenvalue weighted by Crippen LogP contribution is -2.12. The molecule has 11 rings (SSSR count). The van der Waals surface area contributed by atoms with Crippen molar-refractivity contribution in [2.24, 2.45) is 0 Å². The van der Waals surface area contributed by atoms with Gasteiger partial charge in [0.05, 0.1) is 16.1 Å². The van der Waals surface area contributed by atoms with Crippen molar-refractivity contribution >= 4 is 82.5 Å². The van der Waals surface area contributed by atoms with Gasteiger partial charge in [0, 0.05) is 50.0 Å². The largest absolute Gasteiger partial charge is 0.456 e. The van der Waals surface area contributed by atoms with Crippen molar-refractivity contribution in [1.29, 1.82) is 0 Å². The van der Waals surface area contributed by atoms with Crippen LogP contribution in [0, 0.1) is 0 Å². The fourth-order valence-corrected chi connectivity index (χ4v) is 8.98. The molecule has 3 heterocycles. The first-order chi connectivity index (χ1) is 26.8. The van der Waals surface area contributed by atoms with E-state index in [1.165, 1.54) is 0 Å². The van der Waals surface area contributed by atoms with Crippen molar-refractivity contribution in [3.05, 3.63) is 182 Å². The Hall–Kier alpha value is -6.95. The fraction of sp³-hybridized carbons (Fsp3) is 0. The lowest BCUT2D eigenvalue weighted by molar-refractivity contribution is 0.669. The Bertz CT molecular complexity index is 3160. The van der Waals surface area contributed by atoms with Gasteiger partial charge in [0.1, 0.15) is 32.9 Å². The van der Waals surface area contributed by atoms with Gasteiger partial charge in [-0.05, 0) is 41.5 Å². The van der Waals surface area contributed by atoms with E-state index < -0.39 is 0 Å². The zero-order valence-electron chi connectivity index (χ0n) is 28.9. The van der Waals surface area contributed by atoms with Gasteiger partial charge in [-0.1, -0.05) is 146 Å². The minimum absolute atomic E-state index is 0.831. The van der Waals surface area contributed by atoms with Crippen molar-refractivity contribution in [2.75, 3.05) is 4.90 Å². The standard InChI is InChI=1S/C49H30N2O2S/c1-3-14-31(15-4-1)35-18-7-10-23-40(35)51(34-28-26-32(27-29-34)36-21-13-22-38-37-19-8-11-24-42(37)53-47(36)38)41-30-44-45(39-20-9-12-25-43(39)52-44)48-46(41)50-49(54-48)33-16-5-2-6-17-33/h1-30H. The number of thiazole rings is 1. The number of hydrogen-bond acceptors (Lipinski definition) is 5. The molecule has 0 amide bonds. The van der Waals surface area contributed by atoms with Crippen LogP contribution in [0.2, 0.25) is 0 Å². The summed E-state index contributed by atoms with van der Waals surface area (Å²) in [5.41, 5.74) is 12.9. The van der Waals surface area contributed by atoms with Crippen LogP contribution < -0.4 is 4.90 Å². The van der Waals surface area contributed by atoms with Gasteiger partial charge in [-0.15, -0.1) is 11.3 Å². The maximum atomic E-state index is 6.64. The monoisotopic (exact) mass is 710 g/mol. The highest BCUT2D eigenvalue weighted by molar-refractivity contribution is 7.22. The van der Waals surface area contributed by atoms with Gasteiger partial charge >= 0.3 is 0 Å². The van der Waals surface area contributed by atoms with Crippen LogP contribution in [0.15, 0.2) is 191 Å². The minimum Gasteiger partial charge on any atom is -0.456 e. The van der Waals surface area contributed by atoms with Crippen molar-refractivity contribution in [1.82, 2.24) is 4.98 Å². The van der Waals surface area contributed by atoms with Gasteiger partial charge in [0.25, 0.3) is 0 Å². The molecule has 0 unspecified atom stereocenters. The van der Waals surface area contributed by atoms with E-state index >= 15 is 0 Å². The molecule has 0 fully saturated rings. The molecular weight excluding hydrogens is 681 g/mol. The van der Waals surface area contributed by atoms with Gasteiger partial charge in [-0.3, -0.25) is 0 Å². The lowest BCUT2D eigenvalue weighted by atomic mass is 10.00. The molecule has 54 heavy (non-hydrogen) atoms. The molecule has 0 radical (unpaired) electrons. The van der Waals surface area contributed by atoms with E-state index in [0.29, 0.717) is 0 Å². The maximum absolute atomic E-state index is 6.64. The summed E-state index contributed by atoms with van der Waals surface area (Å²) in [5, 5.41) is 5.39. The number of anilines is 3. The molecule has 11 aromatic rings. The Morgan fingerprint density at radius 1 is 0.444 bits per heavy atom. The molecule has 3 aromatic heterocycles. The first-order valence-electron chi connectivity index (χ1n) is 18.0. The normalized spacial score (nSPS) is 11.7. The van der Waals surface area contributed by atoms with Crippen LogP contribution in [0.1, 0.15) is 0 Å². The van der Waals surface area contributed by atoms with Crippen LogP contribution in [0.4, 0.5) is 17.1 Å². The molecule has 0 aliphatic rings. The van der Waals surface area contributed by atoms with E-state index in [0.717, 1.165) is 104 Å². The molecule has 0 aliphatic carbocycles. The zero-order chi connectivity index (χ0) is 35.6. The molecule has 8 aromatic carbocycles. The average molecular weight is 711 g/mol. The van der Waals surface area contributed by atoms with E-state index in [1.807, 2.05) is 30.3 Å². The quantitative estimate of drug-likeness (QED) is 0.172. The summed E-state index contributed by atoms with van der Waals surface area (Å²) in [6.07, 6.45) is 0. The molecule has 0 N–H and O–H groups in total. The van der Waals surface area contributed by atoms with E-state index in [1.54, 1.807) is 11.3 Å². The number of nitrogens with zero attached hydrogens (tertiary/aromatic N) is 2. The SMILES string of the molecule is c1ccc(-c2nc3c(N(c4ccc(-c5cccc6c5oc5ccccc56)cc4)c4ccccc4-c4ccccc4)cc4oc5ccccc5c4c3s2)cc1. The van der Waals surface area contributed by atoms with Gasteiger partial charge in [-0.2, -0.15) is 0 Å². The summed E-state index contributed by atoms with van der Waals surface area (Å²) in [5.74, 6) is 0. The lowest BCUT2D eigenvalue weighted by Gasteiger charge is -2.28. The molecule has 0 saturated carbocycles. The summed E-state index contributed by atoms with van der Waals surface area (Å²) < 4.78 is 14.2. The Morgan fingerprint density at radius 2 is 1.06 bits per heavy atom. The number of fused-ring (bicyclic) bond motifs is 8. The van der Waals surface area contributed by atoms with Gasteiger partial charge in [-0.25, -0.2) is 4.98 Å². The number of benzene rings is 8. The Kier molecular flexibility index (Phi) is 7.00. The maximum Gasteiger partial charge on any atom is 0.143 e. The molecule has 0 spiro atoms. The summed E-state index contributed by atoms with van der Waals surface area (Å²) in [6, 6.07) is 63.5. The van der Waals surface area contributed by atoms with Crippen molar-refractivity contribution in [2.45, 2.75) is 0 Å². The molecule has 0 saturated heterocycles. The summed E-state index contributed by atoms with van der Waals surface area (Å²) in [6.45, 7) is 0. The van der Waals surface area contributed by atoms with E-state index in [9.17, 15) is 0 Å². The highest BCUT2D eigenvalue weighted by atomic mass is 32.1. The second kappa shape index (κ2) is 12.3. The van der Waals surface area contributed by atoms with E-state index in [-0.39, 0.29) is 0 Å².